The molecule has 2 aromatic rings. The summed E-state index contributed by atoms with van der Waals surface area (Å²) in [5.41, 5.74) is 2.57. The summed E-state index contributed by atoms with van der Waals surface area (Å²) >= 11 is 0. The van der Waals surface area contributed by atoms with Crippen LogP contribution in [-0.4, -0.2) is 36.7 Å². The third kappa shape index (κ3) is 4.38. The molecule has 0 spiro atoms. The highest BCUT2D eigenvalue weighted by molar-refractivity contribution is 7.89. The highest BCUT2D eigenvalue weighted by Crippen LogP contribution is 2.35. The van der Waals surface area contributed by atoms with Gasteiger partial charge in [-0.15, -0.1) is 0 Å². The molecule has 2 heterocycles. The van der Waals surface area contributed by atoms with Crippen molar-refractivity contribution in [3.8, 4) is 0 Å². The van der Waals surface area contributed by atoms with Crippen molar-refractivity contribution < 1.29 is 13.2 Å². The van der Waals surface area contributed by atoms with Crippen LogP contribution in [0.25, 0.3) is 0 Å². The van der Waals surface area contributed by atoms with Gasteiger partial charge in [0.1, 0.15) is 0 Å². The quantitative estimate of drug-likeness (QED) is 0.509. The summed E-state index contributed by atoms with van der Waals surface area (Å²) in [6.45, 7) is 4.18. The number of fused-ring (bicyclic) bond motifs is 1. The standard InChI is InChI=1S/C19H26N6O3S/c1-11(2)21-19(26)23-15-4-3-12(7-15)16-9-18(25-24-16)22-14-5-6-17-13(8-14)10-20-29(17,27)28/h5-6,8-9,11-12,15,20H,3-4,7,10H2,1-2H3,(H2,21,23,26)(H2,22,24,25)/t12-,15+/m1/s1. The summed E-state index contributed by atoms with van der Waals surface area (Å²) in [6, 6.07) is 7.29. The van der Waals surface area contributed by atoms with Crippen LogP contribution in [0.3, 0.4) is 0 Å². The molecular formula is C19H26N6O3S. The van der Waals surface area contributed by atoms with Gasteiger partial charge in [0.2, 0.25) is 10.0 Å². The molecule has 2 atom stereocenters. The molecule has 1 aliphatic heterocycles. The number of nitrogens with zero attached hydrogens (tertiary/aromatic N) is 1. The Morgan fingerprint density at radius 1 is 1.24 bits per heavy atom. The number of aromatic nitrogens is 2. The Balaban J connectivity index is 1.37. The van der Waals surface area contributed by atoms with Crippen LogP contribution in [0.2, 0.25) is 0 Å². The number of aromatic amines is 1. The molecule has 1 aromatic heterocycles. The maximum absolute atomic E-state index is 11.9. The molecule has 0 saturated heterocycles. The summed E-state index contributed by atoms with van der Waals surface area (Å²) in [7, 11) is -3.36. The van der Waals surface area contributed by atoms with Gasteiger partial charge < -0.3 is 16.0 Å². The number of hydrogen-bond acceptors (Lipinski definition) is 5. The molecule has 1 fully saturated rings. The van der Waals surface area contributed by atoms with Gasteiger partial charge in [-0.2, -0.15) is 5.10 Å². The summed E-state index contributed by atoms with van der Waals surface area (Å²) in [4.78, 5) is 12.2. The van der Waals surface area contributed by atoms with E-state index in [2.05, 4.69) is 30.9 Å². The van der Waals surface area contributed by atoms with Crippen molar-refractivity contribution in [3.63, 3.8) is 0 Å². The van der Waals surface area contributed by atoms with Gasteiger partial charge in [0.25, 0.3) is 0 Å². The molecular weight excluding hydrogens is 392 g/mol. The number of benzene rings is 1. The van der Waals surface area contributed by atoms with Crippen LogP contribution in [0.15, 0.2) is 29.2 Å². The molecule has 29 heavy (non-hydrogen) atoms. The van der Waals surface area contributed by atoms with Crippen molar-refractivity contribution in [2.45, 2.75) is 62.6 Å². The van der Waals surface area contributed by atoms with E-state index in [1.165, 1.54) is 0 Å². The van der Waals surface area contributed by atoms with Gasteiger partial charge in [-0.05, 0) is 56.9 Å². The van der Waals surface area contributed by atoms with Crippen LogP contribution < -0.4 is 20.7 Å². The maximum atomic E-state index is 11.9. The molecule has 156 valence electrons. The number of carbonyl (C=O) groups is 1. The minimum Gasteiger partial charge on any atom is -0.339 e. The second-order valence-electron chi connectivity index (χ2n) is 7.96. The molecule has 0 bridgehead atoms. The number of anilines is 2. The lowest BCUT2D eigenvalue weighted by molar-refractivity contribution is 0.234. The van der Waals surface area contributed by atoms with Crippen LogP contribution in [0.4, 0.5) is 16.3 Å². The molecule has 10 heteroatoms. The zero-order chi connectivity index (χ0) is 20.6. The van der Waals surface area contributed by atoms with Gasteiger partial charge in [0.05, 0.1) is 4.90 Å². The van der Waals surface area contributed by atoms with Crippen LogP contribution >= 0.6 is 0 Å². The van der Waals surface area contributed by atoms with E-state index in [9.17, 15) is 13.2 Å². The van der Waals surface area contributed by atoms with E-state index in [1.54, 1.807) is 12.1 Å². The molecule has 0 unspecified atom stereocenters. The summed E-state index contributed by atoms with van der Waals surface area (Å²) < 4.78 is 26.2. The van der Waals surface area contributed by atoms with Crippen molar-refractivity contribution in [2.24, 2.45) is 0 Å². The van der Waals surface area contributed by atoms with Gasteiger partial charge >= 0.3 is 6.03 Å². The van der Waals surface area contributed by atoms with E-state index < -0.39 is 10.0 Å². The first-order chi connectivity index (χ1) is 13.8. The first-order valence-electron chi connectivity index (χ1n) is 9.82. The van der Waals surface area contributed by atoms with E-state index in [1.807, 2.05) is 26.0 Å². The van der Waals surface area contributed by atoms with Gasteiger partial charge in [-0.1, -0.05) is 0 Å². The number of carbonyl (C=O) groups excluding carboxylic acids is 1. The van der Waals surface area contributed by atoms with Crippen molar-refractivity contribution in [1.29, 1.82) is 0 Å². The normalized spacial score (nSPS) is 22.4. The molecule has 2 aliphatic rings. The molecule has 1 aromatic carbocycles. The fourth-order valence-electron chi connectivity index (χ4n) is 3.95. The summed E-state index contributed by atoms with van der Waals surface area (Å²) in [5.74, 6) is 1.000. The number of H-pyrrole nitrogens is 1. The average Bonchev–Trinajstić information content (AvgIpc) is 3.34. The number of urea groups is 1. The lowest BCUT2D eigenvalue weighted by Crippen LogP contribution is -2.43. The lowest BCUT2D eigenvalue weighted by Gasteiger charge is -2.15. The number of sulfonamides is 1. The third-order valence-electron chi connectivity index (χ3n) is 5.30. The first kappa shape index (κ1) is 19.7. The largest absolute Gasteiger partial charge is 0.339 e. The zero-order valence-corrected chi connectivity index (χ0v) is 17.3. The highest BCUT2D eigenvalue weighted by Gasteiger charge is 2.29. The van der Waals surface area contributed by atoms with Crippen molar-refractivity contribution in [2.75, 3.05) is 5.32 Å². The Labute approximate surface area is 170 Å². The van der Waals surface area contributed by atoms with E-state index >= 15 is 0 Å². The third-order valence-corrected chi connectivity index (χ3v) is 6.80. The van der Waals surface area contributed by atoms with Crippen LogP contribution in [-0.2, 0) is 16.6 Å². The van der Waals surface area contributed by atoms with Crippen LogP contribution in [0.1, 0.15) is 50.3 Å². The molecule has 9 nitrogen and oxygen atoms in total. The monoisotopic (exact) mass is 418 g/mol. The first-order valence-corrected chi connectivity index (χ1v) is 11.3. The minimum absolute atomic E-state index is 0.114. The van der Waals surface area contributed by atoms with Crippen LogP contribution in [0.5, 0.6) is 0 Å². The SMILES string of the molecule is CC(C)NC(=O)N[C@H]1CC[C@@H](c2cc(Nc3ccc4c(c3)CNS4(=O)=O)n[nH]2)C1. The van der Waals surface area contributed by atoms with Crippen molar-refractivity contribution >= 4 is 27.6 Å². The number of rotatable bonds is 5. The second kappa shape index (κ2) is 7.68. The van der Waals surface area contributed by atoms with E-state index in [4.69, 9.17) is 0 Å². The predicted octanol–water partition coefficient (Wildman–Crippen LogP) is 2.29. The number of nitrogens with one attached hydrogen (secondary N) is 5. The Morgan fingerprint density at radius 2 is 2.07 bits per heavy atom. The fraction of sp³-hybridized carbons (Fsp3) is 0.474. The van der Waals surface area contributed by atoms with Crippen LogP contribution in [0, 0.1) is 0 Å². The molecule has 1 saturated carbocycles. The lowest BCUT2D eigenvalue weighted by atomic mass is 10.0. The van der Waals surface area contributed by atoms with Gasteiger partial charge in [0.15, 0.2) is 5.82 Å². The second-order valence-corrected chi connectivity index (χ2v) is 9.70. The van der Waals surface area contributed by atoms with Crippen molar-refractivity contribution in [3.05, 3.63) is 35.5 Å². The minimum atomic E-state index is -3.36. The van der Waals surface area contributed by atoms with Gasteiger partial charge in [-0.3, -0.25) is 5.10 Å². The smallest absolute Gasteiger partial charge is 0.315 e. The predicted molar refractivity (Wildman–Crippen MR) is 110 cm³/mol. The topological polar surface area (TPSA) is 128 Å². The van der Waals surface area contributed by atoms with E-state index in [-0.39, 0.29) is 18.1 Å². The Bertz CT molecular complexity index is 1020. The molecule has 2 amide bonds. The molecule has 5 N–H and O–H groups in total. The number of hydrogen-bond donors (Lipinski definition) is 5. The highest BCUT2D eigenvalue weighted by atomic mass is 32.2. The average molecular weight is 419 g/mol. The van der Waals surface area contributed by atoms with E-state index in [0.29, 0.717) is 23.2 Å². The van der Waals surface area contributed by atoms with Crippen molar-refractivity contribution in [1.82, 2.24) is 25.6 Å². The van der Waals surface area contributed by atoms with Gasteiger partial charge in [-0.25, -0.2) is 17.9 Å². The zero-order valence-electron chi connectivity index (χ0n) is 16.5. The summed E-state index contributed by atoms with van der Waals surface area (Å²) in [5, 5.41) is 16.5. The number of amides is 2. The molecule has 4 rings (SSSR count). The maximum Gasteiger partial charge on any atom is 0.315 e. The molecule has 1 aliphatic carbocycles. The van der Waals surface area contributed by atoms with Gasteiger partial charge in [0, 0.05) is 42.0 Å². The van der Waals surface area contributed by atoms with E-state index in [0.717, 1.165) is 36.2 Å². The Hall–Kier alpha value is -2.59. The fourth-order valence-corrected chi connectivity index (χ4v) is 5.17. The Morgan fingerprint density at radius 3 is 2.86 bits per heavy atom. The molecule has 0 radical (unpaired) electrons. The Kier molecular flexibility index (Phi) is 5.22. The summed E-state index contributed by atoms with van der Waals surface area (Å²) in [6.07, 6.45) is 2.79.